The summed E-state index contributed by atoms with van der Waals surface area (Å²) in [6.07, 6.45) is 0.985. The Labute approximate surface area is 157 Å². The van der Waals surface area contributed by atoms with E-state index in [0.717, 1.165) is 12.0 Å². The molecule has 4 nitrogen and oxygen atoms in total. The Morgan fingerprint density at radius 2 is 2.00 bits per heavy atom. The van der Waals surface area contributed by atoms with Crippen molar-refractivity contribution in [1.82, 2.24) is 4.98 Å². The second-order valence-corrected chi connectivity index (χ2v) is 6.73. The number of hydrogen-bond donors (Lipinski definition) is 1. The molecule has 3 aromatic rings. The van der Waals surface area contributed by atoms with E-state index in [0.29, 0.717) is 38.9 Å². The summed E-state index contributed by atoms with van der Waals surface area (Å²) < 4.78 is 5.39. The number of aromatic nitrogens is 1. The molecule has 1 atom stereocenters. The quantitative estimate of drug-likeness (QED) is 0.619. The molecule has 0 aliphatic carbocycles. The van der Waals surface area contributed by atoms with Gasteiger partial charge in [-0.3, -0.25) is 0 Å². The average molecular weight is 370 g/mol. The van der Waals surface area contributed by atoms with E-state index in [1.54, 1.807) is 31.4 Å². The highest BCUT2D eigenvalue weighted by Gasteiger charge is 2.17. The lowest BCUT2D eigenvalue weighted by atomic mass is 9.95. The van der Waals surface area contributed by atoms with E-state index in [-0.39, 0.29) is 5.56 Å². The third-order valence-electron chi connectivity index (χ3n) is 4.68. The number of methoxy groups -OCH3 is 1. The Morgan fingerprint density at radius 1 is 1.23 bits per heavy atom. The van der Waals surface area contributed by atoms with Crippen LogP contribution in [0.5, 0.6) is 5.75 Å². The molecule has 0 saturated heterocycles. The number of benzene rings is 2. The van der Waals surface area contributed by atoms with Crippen molar-refractivity contribution in [2.45, 2.75) is 26.2 Å². The molecule has 2 aromatic carbocycles. The predicted molar refractivity (Wildman–Crippen MR) is 104 cm³/mol. The van der Waals surface area contributed by atoms with Crippen LogP contribution in [0.25, 0.3) is 22.2 Å². The van der Waals surface area contributed by atoms with Crippen LogP contribution in [0, 0.1) is 0 Å². The molecule has 1 heterocycles. The van der Waals surface area contributed by atoms with Crippen LogP contribution in [0.4, 0.5) is 0 Å². The van der Waals surface area contributed by atoms with Gasteiger partial charge in [-0.05, 0) is 54.3 Å². The van der Waals surface area contributed by atoms with E-state index in [1.807, 2.05) is 18.2 Å². The van der Waals surface area contributed by atoms with E-state index in [9.17, 15) is 9.90 Å². The number of ether oxygens (including phenoxy) is 1. The summed E-state index contributed by atoms with van der Waals surface area (Å²) in [5.41, 5.74) is 3.14. The number of nitrogens with zero attached hydrogens (tertiary/aromatic N) is 1. The number of carbonyl (C=O) groups is 1. The van der Waals surface area contributed by atoms with Crippen molar-refractivity contribution < 1.29 is 14.6 Å². The Kier molecular flexibility index (Phi) is 5.14. The molecule has 134 valence electrons. The summed E-state index contributed by atoms with van der Waals surface area (Å²) in [7, 11) is 1.56. The van der Waals surface area contributed by atoms with Crippen molar-refractivity contribution in [3.63, 3.8) is 0 Å². The third-order valence-corrected chi connectivity index (χ3v) is 4.92. The number of carboxylic acids is 1. The van der Waals surface area contributed by atoms with Crippen molar-refractivity contribution >= 4 is 28.5 Å². The first-order valence-corrected chi connectivity index (χ1v) is 8.84. The van der Waals surface area contributed by atoms with Gasteiger partial charge in [-0.25, -0.2) is 9.78 Å². The fraction of sp³-hybridized carbons (Fsp3) is 0.238. The molecule has 0 aliphatic heterocycles. The minimum Gasteiger partial charge on any atom is -0.496 e. The van der Waals surface area contributed by atoms with E-state index < -0.39 is 5.97 Å². The van der Waals surface area contributed by atoms with Gasteiger partial charge in [-0.2, -0.15) is 0 Å². The average Bonchev–Trinajstić information content (AvgIpc) is 2.65. The zero-order valence-corrected chi connectivity index (χ0v) is 15.7. The van der Waals surface area contributed by atoms with E-state index in [1.165, 1.54) is 0 Å². The predicted octanol–water partition coefficient (Wildman–Crippen LogP) is 5.78. The van der Waals surface area contributed by atoms with Crippen LogP contribution >= 0.6 is 11.6 Å². The lowest BCUT2D eigenvalue weighted by molar-refractivity contribution is 0.0699. The molecule has 0 amide bonds. The normalized spacial score (nSPS) is 12.2. The van der Waals surface area contributed by atoms with Crippen molar-refractivity contribution in [1.29, 1.82) is 0 Å². The molecular formula is C21H20ClNO3. The second-order valence-electron chi connectivity index (χ2n) is 6.29. The molecule has 26 heavy (non-hydrogen) atoms. The minimum absolute atomic E-state index is 0.220. The van der Waals surface area contributed by atoms with Gasteiger partial charge in [0.05, 0.1) is 23.9 Å². The summed E-state index contributed by atoms with van der Waals surface area (Å²) in [6, 6.07) is 12.6. The molecule has 0 fully saturated rings. The summed E-state index contributed by atoms with van der Waals surface area (Å²) >= 11 is 6.12. The fourth-order valence-electron chi connectivity index (χ4n) is 2.98. The maximum absolute atomic E-state index is 11.9. The van der Waals surface area contributed by atoms with Crippen molar-refractivity contribution in [2.24, 2.45) is 0 Å². The number of halogens is 1. The van der Waals surface area contributed by atoms with Crippen molar-refractivity contribution in [2.75, 3.05) is 7.11 Å². The third kappa shape index (κ3) is 3.37. The molecular weight excluding hydrogens is 350 g/mol. The van der Waals surface area contributed by atoms with Crippen LogP contribution in [0.1, 0.15) is 42.1 Å². The number of hydrogen-bond acceptors (Lipinski definition) is 3. The maximum Gasteiger partial charge on any atom is 0.336 e. The smallest absolute Gasteiger partial charge is 0.336 e. The Balaban J connectivity index is 2.27. The van der Waals surface area contributed by atoms with Gasteiger partial charge in [0.15, 0.2) is 0 Å². The molecule has 1 N–H and O–H groups in total. The summed E-state index contributed by atoms with van der Waals surface area (Å²) in [4.78, 5) is 16.5. The topological polar surface area (TPSA) is 59.4 Å². The first-order chi connectivity index (χ1) is 12.4. The molecule has 5 heteroatoms. The van der Waals surface area contributed by atoms with Crippen molar-refractivity contribution in [3.05, 3.63) is 58.6 Å². The van der Waals surface area contributed by atoms with Gasteiger partial charge >= 0.3 is 5.97 Å². The second kappa shape index (κ2) is 7.34. The van der Waals surface area contributed by atoms with E-state index >= 15 is 0 Å². The number of rotatable bonds is 5. The summed E-state index contributed by atoms with van der Waals surface area (Å²) in [5.74, 6) is -0.0384. The molecule has 1 unspecified atom stereocenters. The van der Waals surface area contributed by atoms with Gasteiger partial charge in [0, 0.05) is 16.0 Å². The minimum atomic E-state index is -0.985. The number of fused-ring (bicyclic) bond motifs is 1. The summed E-state index contributed by atoms with van der Waals surface area (Å²) in [5, 5.41) is 10.9. The molecule has 3 rings (SSSR count). The Bertz CT molecular complexity index is 984. The summed E-state index contributed by atoms with van der Waals surface area (Å²) in [6.45, 7) is 4.24. The van der Waals surface area contributed by atoms with Gasteiger partial charge in [-0.1, -0.05) is 31.5 Å². The molecule has 0 saturated carbocycles. The van der Waals surface area contributed by atoms with Crippen LogP contribution in [0.3, 0.4) is 0 Å². The molecule has 1 aromatic heterocycles. The van der Waals surface area contributed by atoms with Crippen LogP contribution in [-0.2, 0) is 0 Å². The van der Waals surface area contributed by atoms with Crippen molar-refractivity contribution in [3.8, 4) is 17.0 Å². The SMILES string of the molecule is CCC(C)c1ccc2nc(-c3cc(Cl)ccc3OC)cc(C(=O)O)c2c1. The monoisotopic (exact) mass is 369 g/mol. The van der Waals surface area contributed by atoms with Crippen LogP contribution < -0.4 is 4.74 Å². The largest absolute Gasteiger partial charge is 0.496 e. The van der Waals surface area contributed by atoms with Gasteiger partial charge < -0.3 is 9.84 Å². The highest BCUT2D eigenvalue weighted by atomic mass is 35.5. The van der Waals surface area contributed by atoms with Gasteiger partial charge in [-0.15, -0.1) is 0 Å². The maximum atomic E-state index is 11.9. The first kappa shape index (κ1) is 18.2. The zero-order chi connectivity index (χ0) is 18.8. The Hall–Kier alpha value is -2.59. The zero-order valence-electron chi connectivity index (χ0n) is 14.9. The van der Waals surface area contributed by atoms with Crippen LogP contribution in [0.15, 0.2) is 42.5 Å². The first-order valence-electron chi connectivity index (χ1n) is 8.46. The molecule has 0 bridgehead atoms. The number of pyridine rings is 1. The fourth-order valence-corrected chi connectivity index (χ4v) is 3.15. The molecule has 0 spiro atoms. The molecule has 0 radical (unpaired) electrons. The molecule has 0 aliphatic rings. The van der Waals surface area contributed by atoms with Gasteiger partial charge in [0.1, 0.15) is 5.75 Å². The highest BCUT2D eigenvalue weighted by Crippen LogP contribution is 2.34. The van der Waals surface area contributed by atoms with Gasteiger partial charge in [0.2, 0.25) is 0 Å². The highest BCUT2D eigenvalue weighted by molar-refractivity contribution is 6.31. The number of carboxylic acid groups (broad SMARTS) is 1. The lowest BCUT2D eigenvalue weighted by Crippen LogP contribution is -2.02. The van der Waals surface area contributed by atoms with Gasteiger partial charge in [0.25, 0.3) is 0 Å². The Morgan fingerprint density at radius 3 is 2.65 bits per heavy atom. The van der Waals surface area contributed by atoms with Crippen LogP contribution in [-0.4, -0.2) is 23.2 Å². The van der Waals surface area contributed by atoms with Crippen LogP contribution in [0.2, 0.25) is 5.02 Å². The van der Waals surface area contributed by atoms with E-state index in [2.05, 4.69) is 18.8 Å². The standard InChI is InChI=1S/C21H20ClNO3/c1-4-12(2)13-5-7-18-15(9-13)16(21(24)25)11-19(23-18)17-10-14(22)6-8-20(17)26-3/h5-12H,4H2,1-3H3,(H,24,25). The number of aromatic carboxylic acids is 1. The lowest BCUT2D eigenvalue weighted by Gasteiger charge is -2.13. The van der Waals surface area contributed by atoms with E-state index in [4.69, 9.17) is 16.3 Å².